The maximum atomic E-state index is 11.6. The van der Waals surface area contributed by atoms with Gasteiger partial charge in [-0.3, -0.25) is 4.79 Å². The minimum atomic E-state index is -0.000546. The predicted octanol–water partition coefficient (Wildman–Crippen LogP) is 1.04. The molecule has 2 rings (SSSR count). The molecule has 0 spiro atoms. The molecule has 0 aliphatic carbocycles. The Morgan fingerprint density at radius 1 is 1.45 bits per heavy atom. The summed E-state index contributed by atoms with van der Waals surface area (Å²) in [4.78, 5) is 21.9. The van der Waals surface area contributed by atoms with Gasteiger partial charge in [0, 0.05) is 31.7 Å². The number of methoxy groups -OCH3 is 1. The van der Waals surface area contributed by atoms with Crippen molar-refractivity contribution in [2.75, 3.05) is 32.1 Å². The number of hydrogen-bond acceptors (Lipinski definition) is 5. The Morgan fingerprint density at radius 2 is 2.15 bits per heavy atom. The standard InChI is InChI=1S/C14H22N4O2/c1-14(2,3)11-5-12(16-9-15-11)17-10-6-18(7-10)13(19)8-20-4/h5,9-10H,6-8H2,1-4H3,(H,15,16,17). The molecule has 20 heavy (non-hydrogen) atoms. The van der Waals surface area contributed by atoms with Crippen molar-refractivity contribution >= 4 is 11.7 Å². The highest BCUT2D eigenvalue weighted by atomic mass is 16.5. The molecule has 1 aliphatic rings. The highest BCUT2D eigenvalue weighted by Gasteiger charge is 2.30. The summed E-state index contributed by atoms with van der Waals surface area (Å²) in [5.74, 6) is 0.845. The molecule has 0 radical (unpaired) electrons. The lowest BCUT2D eigenvalue weighted by Crippen LogP contribution is -2.57. The molecule has 6 nitrogen and oxygen atoms in total. The number of carbonyl (C=O) groups excluding carboxylic acids is 1. The van der Waals surface area contributed by atoms with Crippen LogP contribution in [0.4, 0.5) is 5.82 Å². The number of hydrogen-bond donors (Lipinski definition) is 1. The van der Waals surface area contributed by atoms with E-state index in [0.717, 1.165) is 11.5 Å². The SMILES string of the molecule is COCC(=O)N1CC(Nc2cc(C(C)(C)C)ncn2)C1. The Balaban J connectivity index is 1.89. The maximum Gasteiger partial charge on any atom is 0.248 e. The predicted molar refractivity (Wildman–Crippen MR) is 76.6 cm³/mol. The molecule has 1 aromatic heterocycles. The van der Waals surface area contributed by atoms with Crippen molar-refractivity contribution in [3.05, 3.63) is 18.1 Å². The zero-order valence-corrected chi connectivity index (χ0v) is 12.5. The van der Waals surface area contributed by atoms with Gasteiger partial charge >= 0.3 is 0 Å². The molecule has 1 N–H and O–H groups in total. The first kappa shape index (κ1) is 14.7. The topological polar surface area (TPSA) is 67.3 Å². The van der Waals surface area contributed by atoms with Crippen molar-refractivity contribution in [3.63, 3.8) is 0 Å². The lowest BCUT2D eigenvalue weighted by Gasteiger charge is -2.39. The number of nitrogens with zero attached hydrogens (tertiary/aromatic N) is 3. The molecule has 2 heterocycles. The van der Waals surface area contributed by atoms with Gasteiger partial charge < -0.3 is 15.0 Å². The van der Waals surface area contributed by atoms with Gasteiger partial charge in [0.05, 0.1) is 11.7 Å². The molecule has 1 saturated heterocycles. The van der Waals surface area contributed by atoms with Crippen molar-refractivity contribution in [1.82, 2.24) is 14.9 Å². The molecule has 1 aliphatic heterocycles. The molecule has 110 valence electrons. The normalized spacial score (nSPS) is 15.9. The Labute approximate surface area is 119 Å². The van der Waals surface area contributed by atoms with Crippen molar-refractivity contribution in [3.8, 4) is 0 Å². The lowest BCUT2D eigenvalue weighted by atomic mass is 9.92. The first-order valence-electron chi connectivity index (χ1n) is 6.76. The van der Waals surface area contributed by atoms with Gasteiger partial charge in [-0.2, -0.15) is 0 Å². The van der Waals surface area contributed by atoms with Crippen molar-refractivity contribution < 1.29 is 9.53 Å². The summed E-state index contributed by atoms with van der Waals surface area (Å²) in [7, 11) is 1.53. The number of rotatable bonds is 4. The number of aromatic nitrogens is 2. The average Bonchev–Trinajstić information content (AvgIpc) is 2.33. The van der Waals surface area contributed by atoms with E-state index < -0.39 is 0 Å². The van der Waals surface area contributed by atoms with Gasteiger partial charge in [0.25, 0.3) is 0 Å². The summed E-state index contributed by atoms with van der Waals surface area (Å²) in [6.07, 6.45) is 1.58. The fourth-order valence-electron chi connectivity index (χ4n) is 2.04. The Hall–Kier alpha value is -1.69. The van der Waals surface area contributed by atoms with Crippen LogP contribution in [-0.4, -0.2) is 53.6 Å². The van der Waals surface area contributed by atoms with Crippen LogP contribution in [0.2, 0.25) is 0 Å². The Morgan fingerprint density at radius 3 is 2.75 bits per heavy atom. The van der Waals surface area contributed by atoms with Crippen LogP contribution < -0.4 is 5.32 Å². The third-order valence-corrected chi connectivity index (χ3v) is 3.29. The number of amides is 1. The largest absolute Gasteiger partial charge is 0.375 e. The van der Waals surface area contributed by atoms with Gasteiger partial charge in [-0.05, 0) is 0 Å². The van der Waals surface area contributed by atoms with E-state index in [9.17, 15) is 4.79 Å². The van der Waals surface area contributed by atoms with Crippen LogP contribution in [0.15, 0.2) is 12.4 Å². The molecule has 0 aromatic carbocycles. The van der Waals surface area contributed by atoms with E-state index in [1.54, 1.807) is 11.2 Å². The van der Waals surface area contributed by atoms with Crippen LogP contribution in [0.5, 0.6) is 0 Å². The van der Waals surface area contributed by atoms with Gasteiger partial charge in [-0.1, -0.05) is 20.8 Å². The van der Waals surface area contributed by atoms with E-state index in [4.69, 9.17) is 4.74 Å². The Bertz CT molecular complexity index is 478. The van der Waals surface area contributed by atoms with Crippen molar-refractivity contribution in [1.29, 1.82) is 0 Å². The monoisotopic (exact) mass is 278 g/mol. The third kappa shape index (κ3) is 3.45. The zero-order valence-electron chi connectivity index (χ0n) is 12.5. The molecular formula is C14H22N4O2. The highest BCUT2D eigenvalue weighted by Crippen LogP contribution is 2.22. The third-order valence-electron chi connectivity index (χ3n) is 3.29. The molecule has 0 saturated carbocycles. The zero-order chi connectivity index (χ0) is 14.8. The molecule has 0 unspecified atom stereocenters. The fourth-order valence-corrected chi connectivity index (χ4v) is 2.04. The van der Waals surface area contributed by atoms with Crippen LogP contribution in [0.3, 0.4) is 0 Å². The van der Waals surface area contributed by atoms with Gasteiger partial charge in [0.15, 0.2) is 0 Å². The van der Waals surface area contributed by atoms with E-state index in [0.29, 0.717) is 13.1 Å². The fraction of sp³-hybridized carbons (Fsp3) is 0.643. The summed E-state index contributed by atoms with van der Waals surface area (Å²) in [6.45, 7) is 7.89. The van der Waals surface area contributed by atoms with Gasteiger partial charge in [0.1, 0.15) is 18.8 Å². The van der Waals surface area contributed by atoms with Crippen LogP contribution in [0.1, 0.15) is 26.5 Å². The first-order chi connectivity index (χ1) is 9.40. The highest BCUT2D eigenvalue weighted by molar-refractivity contribution is 5.78. The number of ether oxygens (including phenoxy) is 1. The molecular weight excluding hydrogens is 256 g/mol. The van der Waals surface area contributed by atoms with Gasteiger partial charge in [-0.25, -0.2) is 9.97 Å². The van der Waals surface area contributed by atoms with Gasteiger partial charge in [0.2, 0.25) is 5.91 Å². The summed E-state index contributed by atoms with van der Waals surface area (Å²) >= 11 is 0. The first-order valence-corrected chi connectivity index (χ1v) is 6.76. The van der Waals surface area contributed by atoms with E-state index in [1.165, 1.54) is 7.11 Å². The van der Waals surface area contributed by atoms with Crippen LogP contribution in [0, 0.1) is 0 Å². The second-order valence-corrected chi connectivity index (χ2v) is 6.11. The quantitative estimate of drug-likeness (QED) is 0.891. The average molecular weight is 278 g/mol. The number of likely N-dealkylation sites (tertiary alicyclic amines) is 1. The van der Waals surface area contributed by atoms with Crippen LogP contribution in [0.25, 0.3) is 0 Å². The van der Waals surface area contributed by atoms with Crippen molar-refractivity contribution in [2.24, 2.45) is 0 Å². The summed E-state index contributed by atoms with van der Waals surface area (Å²) in [5, 5.41) is 3.33. The minimum absolute atomic E-state index is 0.000546. The van der Waals surface area contributed by atoms with Crippen LogP contribution >= 0.6 is 0 Å². The molecule has 0 atom stereocenters. The second kappa shape index (κ2) is 5.75. The minimum Gasteiger partial charge on any atom is -0.375 e. The van der Waals surface area contributed by atoms with Crippen LogP contribution in [-0.2, 0) is 14.9 Å². The van der Waals surface area contributed by atoms with Crippen molar-refractivity contribution in [2.45, 2.75) is 32.2 Å². The summed E-state index contributed by atoms with van der Waals surface area (Å²) < 4.78 is 4.83. The summed E-state index contributed by atoms with van der Waals surface area (Å²) in [5.41, 5.74) is 1.00. The summed E-state index contributed by atoms with van der Waals surface area (Å²) in [6, 6.07) is 2.22. The van der Waals surface area contributed by atoms with E-state index in [2.05, 4.69) is 36.1 Å². The number of carbonyl (C=O) groups is 1. The Kier molecular flexibility index (Phi) is 4.23. The van der Waals surface area contributed by atoms with E-state index in [-0.39, 0.29) is 24.0 Å². The van der Waals surface area contributed by atoms with E-state index in [1.807, 2.05) is 6.07 Å². The number of anilines is 1. The van der Waals surface area contributed by atoms with Gasteiger partial charge in [-0.15, -0.1) is 0 Å². The molecule has 1 aromatic rings. The molecule has 1 amide bonds. The maximum absolute atomic E-state index is 11.6. The molecule has 1 fully saturated rings. The molecule has 6 heteroatoms. The smallest absolute Gasteiger partial charge is 0.248 e. The number of nitrogens with one attached hydrogen (secondary N) is 1. The van der Waals surface area contributed by atoms with E-state index >= 15 is 0 Å². The second-order valence-electron chi connectivity index (χ2n) is 6.11. The lowest BCUT2D eigenvalue weighted by molar-refractivity contribution is -0.139. The molecule has 0 bridgehead atoms.